The number of anilines is 1. The number of benzene rings is 1. The minimum absolute atomic E-state index is 0.0294. The second-order valence-electron chi connectivity index (χ2n) is 5.15. The minimum Gasteiger partial charge on any atom is -0.462 e. The number of carbonyl (C=O) groups is 2. The highest BCUT2D eigenvalue weighted by atomic mass is 19.3. The molecule has 1 heterocycles. The highest BCUT2D eigenvalue weighted by Gasteiger charge is 2.19. The van der Waals surface area contributed by atoms with Crippen molar-refractivity contribution in [2.24, 2.45) is 0 Å². The Hall–Kier alpha value is -3.09. The van der Waals surface area contributed by atoms with Crippen molar-refractivity contribution in [2.75, 3.05) is 11.9 Å². The Morgan fingerprint density at radius 3 is 2.52 bits per heavy atom. The summed E-state index contributed by atoms with van der Waals surface area (Å²) in [5, 5.41) is 2.63. The van der Waals surface area contributed by atoms with Gasteiger partial charge in [-0.2, -0.15) is 8.78 Å². The third-order valence-electron chi connectivity index (χ3n) is 3.31. The third-order valence-corrected chi connectivity index (χ3v) is 3.31. The summed E-state index contributed by atoms with van der Waals surface area (Å²) < 4.78 is 29.6. The molecule has 1 amide bonds. The lowest BCUT2D eigenvalue weighted by molar-refractivity contribution is 0.0504. The van der Waals surface area contributed by atoms with Crippen LogP contribution in [-0.4, -0.2) is 23.5 Å². The summed E-state index contributed by atoms with van der Waals surface area (Å²) >= 11 is 0. The molecular formula is C18H16F2N2O3. The molecule has 0 unspecified atom stereocenters. The van der Waals surface area contributed by atoms with Crippen LogP contribution in [0.2, 0.25) is 0 Å². The van der Waals surface area contributed by atoms with Crippen molar-refractivity contribution in [3.63, 3.8) is 0 Å². The number of hydrogen-bond donors (Lipinski definition) is 1. The van der Waals surface area contributed by atoms with E-state index in [0.717, 1.165) is 0 Å². The Labute approximate surface area is 143 Å². The highest BCUT2D eigenvalue weighted by molar-refractivity contribution is 6.09. The minimum atomic E-state index is -1.79. The van der Waals surface area contributed by atoms with Crippen molar-refractivity contribution in [3.8, 4) is 0 Å². The van der Waals surface area contributed by atoms with E-state index < -0.39 is 18.0 Å². The zero-order chi connectivity index (χ0) is 18.2. The number of carbonyl (C=O) groups excluding carboxylic acids is 2. The first-order valence-electron chi connectivity index (χ1n) is 7.48. The van der Waals surface area contributed by atoms with E-state index in [9.17, 15) is 18.4 Å². The lowest BCUT2D eigenvalue weighted by Crippen LogP contribution is -2.19. The fourth-order valence-corrected chi connectivity index (χ4v) is 1.93. The van der Waals surface area contributed by atoms with E-state index in [2.05, 4.69) is 10.3 Å². The van der Waals surface area contributed by atoms with Crippen molar-refractivity contribution in [1.29, 1.82) is 0 Å². The van der Waals surface area contributed by atoms with Crippen LogP contribution in [0.25, 0.3) is 0 Å². The van der Waals surface area contributed by atoms with Gasteiger partial charge in [-0.3, -0.25) is 9.78 Å². The Morgan fingerprint density at radius 1 is 1.12 bits per heavy atom. The molecule has 1 aromatic heterocycles. The van der Waals surface area contributed by atoms with Crippen LogP contribution in [0.1, 0.15) is 34.2 Å². The van der Waals surface area contributed by atoms with Crippen molar-refractivity contribution < 1.29 is 23.1 Å². The largest absolute Gasteiger partial charge is 0.462 e. The van der Waals surface area contributed by atoms with E-state index in [1.165, 1.54) is 25.3 Å². The second-order valence-corrected chi connectivity index (χ2v) is 5.15. The van der Waals surface area contributed by atoms with Crippen molar-refractivity contribution in [2.45, 2.75) is 13.3 Å². The quantitative estimate of drug-likeness (QED) is 0.801. The van der Waals surface area contributed by atoms with Crippen molar-refractivity contribution in [3.05, 3.63) is 71.6 Å². The fraction of sp³-hybridized carbons (Fsp3) is 0.167. The molecule has 130 valence electrons. The van der Waals surface area contributed by atoms with Crippen LogP contribution < -0.4 is 5.32 Å². The van der Waals surface area contributed by atoms with Gasteiger partial charge in [0.05, 0.1) is 12.2 Å². The molecule has 1 N–H and O–H groups in total. The maximum Gasteiger partial charge on any atom is 0.340 e. The predicted octanol–water partition coefficient (Wildman–Crippen LogP) is 4.05. The molecule has 5 nitrogen and oxygen atoms in total. The van der Waals surface area contributed by atoms with Crippen LogP contribution in [0.5, 0.6) is 0 Å². The molecule has 2 rings (SSSR count). The second kappa shape index (κ2) is 8.68. The molecular weight excluding hydrogens is 330 g/mol. The SMILES string of the molecule is CC(CCOC(=O)c1cccnc1C(=O)Nc1ccccc1)=C(F)F. The number of esters is 1. The zero-order valence-electron chi connectivity index (χ0n) is 13.5. The molecule has 25 heavy (non-hydrogen) atoms. The van der Waals surface area contributed by atoms with Gasteiger partial charge in [0.1, 0.15) is 5.69 Å². The molecule has 0 atom stereocenters. The predicted molar refractivity (Wildman–Crippen MR) is 88.4 cm³/mol. The van der Waals surface area contributed by atoms with Crippen molar-refractivity contribution in [1.82, 2.24) is 4.98 Å². The van der Waals surface area contributed by atoms with E-state index in [1.54, 1.807) is 30.3 Å². The summed E-state index contributed by atoms with van der Waals surface area (Å²) in [6.45, 7) is 1.04. The van der Waals surface area contributed by atoms with E-state index >= 15 is 0 Å². The van der Waals surface area contributed by atoms with Gasteiger partial charge < -0.3 is 10.1 Å². The molecule has 0 spiro atoms. The number of nitrogens with zero attached hydrogens (tertiary/aromatic N) is 1. The van der Waals surface area contributed by atoms with Crippen LogP contribution in [-0.2, 0) is 4.74 Å². The summed E-state index contributed by atoms with van der Waals surface area (Å²) in [5.74, 6) is -1.36. The number of rotatable bonds is 6. The Bertz CT molecular complexity index is 788. The monoisotopic (exact) mass is 346 g/mol. The lowest BCUT2D eigenvalue weighted by Gasteiger charge is -2.09. The molecule has 1 aromatic carbocycles. The highest BCUT2D eigenvalue weighted by Crippen LogP contribution is 2.14. The van der Waals surface area contributed by atoms with Gasteiger partial charge in [-0.25, -0.2) is 4.79 Å². The summed E-state index contributed by atoms with van der Waals surface area (Å²) in [6, 6.07) is 11.6. The van der Waals surface area contributed by atoms with Crippen LogP contribution >= 0.6 is 0 Å². The standard InChI is InChI=1S/C18H16F2N2O3/c1-12(16(19)20)9-11-25-18(24)14-8-5-10-21-15(14)17(23)22-13-6-3-2-4-7-13/h2-8,10H,9,11H2,1H3,(H,22,23). The molecule has 0 aliphatic carbocycles. The number of ether oxygens (including phenoxy) is 1. The van der Waals surface area contributed by atoms with Gasteiger partial charge in [0.25, 0.3) is 12.0 Å². The van der Waals surface area contributed by atoms with Crippen LogP contribution in [0.3, 0.4) is 0 Å². The van der Waals surface area contributed by atoms with E-state index in [1.807, 2.05) is 0 Å². The molecule has 0 fully saturated rings. The van der Waals surface area contributed by atoms with Crippen LogP contribution in [0.4, 0.5) is 14.5 Å². The maximum absolute atomic E-state index is 12.3. The third kappa shape index (κ3) is 5.20. The number of pyridine rings is 1. The number of hydrogen-bond acceptors (Lipinski definition) is 4. The summed E-state index contributed by atoms with van der Waals surface area (Å²) in [4.78, 5) is 28.4. The first kappa shape index (κ1) is 18.3. The smallest absolute Gasteiger partial charge is 0.340 e. The molecule has 0 bridgehead atoms. The van der Waals surface area contributed by atoms with E-state index in [-0.39, 0.29) is 29.9 Å². The average Bonchev–Trinajstić information content (AvgIpc) is 2.62. The van der Waals surface area contributed by atoms with E-state index in [4.69, 9.17) is 4.74 Å². The molecule has 0 saturated carbocycles. The first-order chi connectivity index (χ1) is 12.0. The van der Waals surface area contributed by atoms with Crippen LogP contribution in [0.15, 0.2) is 60.3 Å². The first-order valence-corrected chi connectivity index (χ1v) is 7.48. The average molecular weight is 346 g/mol. The topological polar surface area (TPSA) is 68.3 Å². The molecule has 0 aliphatic rings. The zero-order valence-corrected chi connectivity index (χ0v) is 13.5. The van der Waals surface area contributed by atoms with Gasteiger partial charge in [-0.05, 0) is 36.8 Å². The van der Waals surface area contributed by atoms with Gasteiger partial charge >= 0.3 is 5.97 Å². The number of nitrogens with one attached hydrogen (secondary N) is 1. The number of amides is 1. The Balaban J connectivity index is 2.08. The molecule has 2 aromatic rings. The van der Waals surface area contributed by atoms with Gasteiger partial charge in [0, 0.05) is 18.3 Å². The molecule has 7 heteroatoms. The lowest BCUT2D eigenvalue weighted by atomic mass is 10.1. The Morgan fingerprint density at radius 2 is 1.84 bits per heavy atom. The van der Waals surface area contributed by atoms with Gasteiger partial charge in [0.15, 0.2) is 0 Å². The normalized spacial score (nSPS) is 10.0. The maximum atomic E-state index is 12.3. The van der Waals surface area contributed by atoms with Crippen LogP contribution in [0, 0.1) is 0 Å². The molecule has 0 aliphatic heterocycles. The number of aromatic nitrogens is 1. The van der Waals surface area contributed by atoms with Gasteiger partial charge in [-0.15, -0.1) is 0 Å². The van der Waals surface area contributed by atoms with Gasteiger partial charge in [0.2, 0.25) is 0 Å². The summed E-state index contributed by atoms with van der Waals surface area (Å²) in [5.41, 5.74) is 0.274. The summed E-state index contributed by atoms with van der Waals surface area (Å²) in [6.07, 6.45) is -0.498. The van der Waals surface area contributed by atoms with Crippen molar-refractivity contribution >= 4 is 17.6 Å². The molecule has 0 saturated heterocycles. The summed E-state index contributed by atoms with van der Waals surface area (Å²) in [7, 11) is 0. The Kier molecular flexibility index (Phi) is 6.33. The number of para-hydroxylation sites is 1. The fourth-order valence-electron chi connectivity index (χ4n) is 1.93. The van der Waals surface area contributed by atoms with E-state index in [0.29, 0.717) is 5.69 Å². The molecule has 0 radical (unpaired) electrons. The number of halogens is 2. The van der Waals surface area contributed by atoms with Gasteiger partial charge in [-0.1, -0.05) is 18.2 Å².